The Labute approximate surface area is 164 Å². The van der Waals surface area contributed by atoms with E-state index in [0.29, 0.717) is 37.7 Å². The molecule has 0 aliphatic rings. The van der Waals surface area contributed by atoms with Crippen LogP contribution in [-0.4, -0.2) is 48.6 Å². The monoisotopic (exact) mass is 390 g/mol. The number of nitrogens with zero attached hydrogens (tertiary/aromatic N) is 2. The minimum atomic E-state index is -0.439. The van der Waals surface area contributed by atoms with Gasteiger partial charge in [-0.2, -0.15) is 0 Å². The average Bonchev–Trinajstić information content (AvgIpc) is 3.15. The average molecular weight is 391 g/mol. The third kappa shape index (κ3) is 5.87. The molecule has 7 heteroatoms. The number of aromatic nitrogens is 1. The van der Waals surface area contributed by atoms with Crippen molar-refractivity contribution in [2.75, 3.05) is 26.9 Å². The summed E-state index contributed by atoms with van der Waals surface area (Å²) in [6.07, 6.45) is 0.707. The Bertz CT molecular complexity index is 733. The van der Waals surface area contributed by atoms with Gasteiger partial charge >= 0.3 is 5.97 Å². The first-order chi connectivity index (χ1) is 13.1. The van der Waals surface area contributed by atoms with Crippen molar-refractivity contribution in [2.45, 2.75) is 32.7 Å². The summed E-state index contributed by atoms with van der Waals surface area (Å²) in [5, 5.41) is 2.37. The maximum atomic E-state index is 13.2. The number of hydrogen-bond acceptors (Lipinski definition) is 6. The van der Waals surface area contributed by atoms with Gasteiger partial charge < -0.3 is 14.4 Å². The fourth-order valence-corrected chi connectivity index (χ4v) is 3.55. The van der Waals surface area contributed by atoms with Gasteiger partial charge in [0.15, 0.2) is 5.69 Å². The lowest BCUT2D eigenvalue weighted by Crippen LogP contribution is -2.37. The molecule has 1 aromatic heterocycles. The SMILES string of the molecule is CCOC(=O)c1csc(CN(CCOC)C(=O)[C@H](CC)c2ccccc2)n1. The number of hydrogen-bond donors (Lipinski definition) is 0. The number of amides is 1. The summed E-state index contributed by atoms with van der Waals surface area (Å²) in [6.45, 7) is 5.31. The van der Waals surface area contributed by atoms with Gasteiger partial charge in [0.05, 0.1) is 25.7 Å². The Hall–Kier alpha value is -2.25. The Balaban J connectivity index is 2.16. The number of carbonyl (C=O) groups excluding carboxylic acids is 2. The van der Waals surface area contributed by atoms with Crippen LogP contribution in [0.4, 0.5) is 0 Å². The molecule has 1 atom stereocenters. The zero-order chi connectivity index (χ0) is 19.6. The maximum Gasteiger partial charge on any atom is 0.357 e. The summed E-state index contributed by atoms with van der Waals surface area (Å²) in [4.78, 5) is 31.1. The molecule has 0 saturated heterocycles. The molecule has 0 unspecified atom stereocenters. The second kappa shape index (κ2) is 10.8. The van der Waals surface area contributed by atoms with Crippen LogP contribution in [0.2, 0.25) is 0 Å². The van der Waals surface area contributed by atoms with Crippen molar-refractivity contribution >= 4 is 23.2 Å². The summed E-state index contributed by atoms with van der Waals surface area (Å²) < 4.78 is 10.1. The molecule has 0 aliphatic carbocycles. The van der Waals surface area contributed by atoms with E-state index in [1.54, 1.807) is 24.3 Å². The fourth-order valence-electron chi connectivity index (χ4n) is 2.77. The Morgan fingerprint density at radius 3 is 2.59 bits per heavy atom. The first-order valence-electron chi connectivity index (χ1n) is 9.04. The van der Waals surface area contributed by atoms with Crippen LogP contribution in [0, 0.1) is 0 Å². The highest BCUT2D eigenvalue weighted by Crippen LogP contribution is 2.23. The first-order valence-corrected chi connectivity index (χ1v) is 9.92. The number of thiazole rings is 1. The molecular weight excluding hydrogens is 364 g/mol. The van der Waals surface area contributed by atoms with Gasteiger partial charge in [0.25, 0.3) is 0 Å². The van der Waals surface area contributed by atoms with Crippen molar-refractivity contribution in [2.24, 2.45) is 0 Å². The lowest BCUT2D eigenvalue weighted by molar-refractivity contribution is -0.134. The third-order valence-corrected chi connectivity index (χ3v) is 4.98. The van der Waals surface area contributed by atoms with Gasteiger partial charge in [-0.25, -0.2) is 9.78 Å². The van der Waals surface area contributed by atoms with Gasteiger partial charge in [0, 0.05) is 19.0 Å². The highest BCUT2D eigenvalue weighted by atomic mass is 32.1. The molecule has 1 amide bonds. The van der Waals surface area contributed by atoms with Crippen molar-refractivity contribution in [3.05, 3.63) is 52.0 Å². The Morgan fingerprint density at radius 2 is 1.96 bits per heavy atom. The lowest BCUT2D eigenvalue weighted by atomic mass is 9.95. The molecule has 2 rings (SSSR count). The van der Waals surface area contributed by atoms with E-state index in [4.69, 9.17) is 9.47 Å². The molecule has 27 heavy (non-hydrogen) atoms. The van der Waals surface area contributed by atoms with Crippen molar-refractivity contribution in [3.8, 4) is 0 Å². The summed E-state index contributed by atoms with van der Waals surface area (Å²) in [5.74, 6) is -0.619. The van der Waals surface area contributed by atoms with Gasteiger partial charge in [0.1, 0.15) is 5.01 Å². The molecule has 2 aromatic rings. The van der Waals surface area contributed by atoms with Crippen molar-refractivity contribution in [3.63, 3.8) is 0 Å². The quantitative estimate of drug-likeness (QED) is 0.581. The van der Waals surface area contributed by atoms with Crippen LogP contribution < -0.4 is 0 Å². The van der Waals surface area contributed by atoms with Crippen LogP contribution in [0.5, 0.6) is 0 Å². The summed E-state index contributed by atoms with van der Waals surface area (Å²) in [7, 11) is 1.61. The van der Waals surface area contributed by atoms with Crippen molar-refractivity contribution in [1.29, 1.82) is 0 Å². The molecule has 1 aromatic carbocycles. The van der Waals surface area contributed by atoms with Crippen LogP contribution in [0.25, 0.3) is 0 Å². The highest BCUT2D eigenvalue weighted by molar-refractivity contribution is 7.09. The topological polar surface area (TPSA) is 68.7 Å². The summed E-state index contributed by atoms with van der Waals surface area (Å²) in [6, 6.07) is 9.77. The van der Waals surface area contributed by atoms with E-state index in [-0.39, 0.29) is 17.5 Å². The van der Waals surface area contributed by atoms with Gasteiger partial charge in [-0.15, -0.1) is 11.3 Å². The fraction of sp³-hybridized carbons (Fsp3) is 0.450. The number of rotatable bonds is 10. The van der Waals surface area contributed by atoms with E-state index in [1.165, 1.54) is 11.3 Å². The molecule has 0 N–H and O–H groups in total. The summed E-state index contributed by atoms with van der Waals surface area (Å²) >= 11 is 1.35. The highest BCUT2D eigenvalue weighted by Gasteiger charge is 2.25. The van der Waals surface area contributed by atoms with Gasteiger partial charge in [-0.1, -0.05) is 37.3 Å². The van der Waals surface area contributed by atoms with Crippen LogP contribution in [0.1, 0.15) is 47.2 Å². The molecule has 146 valence electrons. The molecule has 1 heterocycles. The normalized spacial score (nSPS) is 11.8. The Morgan fingerprint density at radius 1 is 1.22 bits per heavy atom. The van der Waals surface area contributed by atoms with Crippen LogP contribution >= 0.6 is 11.3 Å². The number of benzene rings is 1. The lowest BCUT2D eigenvalue weighted by Gasteiger charge is -2.26. The van der Waals surface area contributed by atoms with E-state index in [2.05, 4.69) is 4.98 Å². The molecule has 6 nitrogen and oxygen atoms in total. The molecule has 0 spiro atoms. The smallest absolute Gasteiger partial charge is 0.357 e. The third-order valence-electron chi connectivity index (χ3n) is 4.15. The van der Waals surface area contributed by atoms with E-state index >= 15 is 0 Å². The van der Waals surface area contributed by atoms with Crippen LogP contribution in [0.15, 0.2) is 35.7 Å². The van der Waals surface area contributed by atoms with E-state index in [9.17, 15) is 9.59 Å². The predicted molar refractivity (Wildman–Crippen MR) is 105 cm³/mol. The van der Waals surface area contributed by atoms with Gasteiger partial charge in [0.2, 0.25) is 5.91 Å². The molecule has 0 radical (unpaired) electrons. The molecule has 0 aliphatic heterocycles. The Kier molecular flexibility index (Phi) is 8.42. The van der Waals surface area contributed by atoms with Crippen LogP contribution in [0.3, 0.4) is 0 Å². The molecular formula is C20H26N2O4S. The number of ether oxygens (including phenoxy) is 2. The van der Waals surface area contributed by atoms with E-state index in [1.807, 2.05) is 37.3 Å². The maximum absolute atomic E-state index is 13.2. The summed E-state index contributed by atoms with van der Waals surface area (Å²) in [5.41, 5.74) is 1.28. The second-order valence-corrected chi connectivity index (χ2v) is 6.91. The van der Waals surface area contributed by atoms with E-state index in [0.717, 1.165) is 5.56 Å². The minimum absolute atomic E-state index is 0.0358. The molecule has 0 saturated carbocycles. The first kappa shape index (κ1) is 21.1. The van der Waals surface area contributed by atoms with Gasteiger partial charge in [-0.05, 0) is 18.9 Å². The number of carbonyl (C=O) groups is 2. The molecule has 0 bridgehead atoms. The van der Waals surface area contributed by atoms with E-state index < -0.39 is 5.97 Å². The number of methoxy groups -OCH3 is 1. The zero-order valence-electron chi connectivity index (χ0n) is 16.0. The zero-order valence-corrected chi connectivity index (χ0v) is 16.8. The van der Waals surface area contributed by atoms with Crippen molar-refractivity contribution < 1.29 is 19.1 Å². The minimum Gasteiger partial charge on any atom is -0.461 e. The second-order valence-electron chi connectivity index (χ2n) is 5.97. The van der Waals surface area contributed by atoms with Gasteiger partial charge in [-0.3, -0.25) is 4.79 Å². The standard InChI is InChI=1S/C20H26N2O4S/c1-4-16(15-9-7-6-8-10-15)19(23)22(11-12-25-3)13-18-21-17(14-27-18)20(24)26-5-2/h6-10,14,16H,4-5,11-13H2,1-3H3/t16-/m1/s1. The number of esters is 1. The van der Waals surface area contributed by atoms with Crippen LogP contribution in [-0.2, 0) is 20.8 Å². The van der Waals surface area contributed by atoms with Crippen molar-refractivity contribution in [1.82, 2.24) is 9.88 Å². The molecule has 0 fully saturated rings. The predicted octanol–water partition coefficient (Wildman–Crippen LogP) is 3.49. The largest absolute Gasteiger partial charge is 0.461 e.